The molecule has 0 saturated heterocycles. The standard InChI is InChI=1S/C36H22N2O2/c37-28-12-7-11-24-25-17-18-31-34(36(25)40-35(24)28)26-10-2-5-14-30(26)38(31)29-13-4-1-8-22(29)21-16-19-33-27(20-21)23-9-3-6-15-32(23)39-33/h1-20H,37H2. The van der Waals surface area contributed by atoms with Crippen molar-refractivity contribution in [2.45, 2.75) is 0 Å². The summed E-state index contributed by atoms with van der Waals surface area (Å²) in [6.45, 7) is 0. The van der Waals surface area contributed by atoms with Crippen molar-refractivity contribution in [3.05, 3.63) is 121 Å². The van der Waals surface area contributed by atoms with Crippen LogP contribution in [0, 0.1) is 0 Å². The molecule has 0 unspecified atom stereocenters. The molecule has 4 heteroatoms. The molecule has 9 rings (SSSR count). The fourth-order valence-corrected chi connectivity index (χ4v) is 6.40. The maximum absolute atomic E-state index is 6.50. The van der Waals surface area contributed by atoms with Gasteiger partial charge in [-0.3, -0.25) is 0 Å². The predicted octanol–water partition coefficient (Wildman–Crippen LogP) is 9.83. The summed E-state index contributed by atoms with van der Waals surface area (Å²) in [5.74, 6) is 0. The molecule has 4 nitrogen and oxygen atoms in total. The fourth-order valence-electron chi connectivity index (χ4n) is 6.40. The summed E-state index contributed by atoms with van der Waals surface area (Å²) in [6.07, 6.45) is 0. The topological polar surface area (TPSA) is 57.2 Å². The predicted molar refractivity (Wildman–Crippen MR) is 165 cm³/mol. The van der Waals surface area contributed by atoms with Gasteiger partial charge in [0.05, 0.1) is 27.8 Å². The summed E-state index contributed by atoms with van der Waals surface area (Å²) in [5, 5.41) is 6.59. The van der Waals surface area contributed by atoms with E-state index in [9.17, 15) is 0 Å². The Morgan fingerprint density at radius 3 is 2.20 bits per heavy atom. The normalized spacial score (nSPS) is 12.1. The largest absolute Gasteiger partial charge is 0.456 e. The minimum Gasteiger partial charge on any atom is -0.456 e. The van der Waals surface area contributed by atoms with Crippen molar-refractivity contribution in [3.63, 3.8) is 0 Å². The van der Waals surface area contributed by atoms with Crippen molar-refractivity contribution >= 4 is 71.4 Å². The van der Waals surface area contributed by atoms with E-state index < -0.39 is 0 Å². The lowest BCUT2D eigenvalue weighted by molar-refractivity contribution is 0.669. The second kappa shape index (κ2) is 7.78. The van der Waals surface area contributed by atoms with Gasteiger partial charge in [0.25, 0.3) is 0 Å². The number of hydrogen-bond donors (Lipinski definition) is 1. The number of anilines is 1. The molecule has 188 valence electrons. The van der Waals surface area contributed by atoms with E-state index in [1.807, 2.05) is 24.3 Å². The summed E-state index contributed by atoms with van der Waals surface area (Å²) in [6, 6.07) is 42.1. The van der Waals surface area contributed by atoms with Crippen LogP contribution >= 0.6 is 0 Å². The average molecular weight is 515 g/mol. The number of nitrogen functional groups attached to an aromatic ring is 1. The van der Waals surface area contributed by atoms with E-state index in [0.717, 1.165) is 82.5 Å². The van der Waals surface area contributed by atoms with Crippen LogP contribution in [0.1, 0.15) is 0 Å². The van der Waals surface area contributed by atoms with E-state index in [1.54, 1.807) is 0 Å². The van der Waals surface area contributed by atoms with E-state index in [2.05, 4.69) is 102 Å². The highest BCUT2D eigenvalue weighted by atomic mass is 16.3. The lowest BCUT2D eigenvalue weighted by Crippen LogP contribution is -1.97. The molecule has 0 aliphatic heterocycles. The molecule has 2 N–H and O–H groups in total. The Hall–Kier alpha value is -5.48. The molecule has 0 bridgehead atoms. The van der Waals surface area contributed by atoms with Crippen LogP contribution in [0.2, 0.25) is 0 Å². The zero-order chi connectivity index (χ0) is 26.4. The van der Waals surface area contributed by atoms with Gasteiger partial charge < -0.3 is 19.1 Å². The van der Waals surface area contributed by atoms with E-state index in [4.69, 9.17) is 14.6 Å². The summed E-state index contributed by atoms with van der Waals surface area (Å²) < 4.78 is 15.0. The summed E-state index contributed by atoms with van der Waals surface area (Å²) >= 11 is 0. The van der Waals surface area contributed by atoms with Crippen LogP contribution < -0.4 is 5.73 Å². The smallest absolute Gasteiger partial charge is 0.158 e. The summed E-state index contributed by atoms with van der Waals surface area (Å²) in [5.41, 5.74) is 16.0. The number of aromatic nitrogens is 1. The molecule has 6 aromatic carbocycles. The molecule has 0 aliphatic rings. The summed E-state index contributed by atoms with van der Waals surface area (Å²) in [4.78, 5) is 0. The first kappa shape index (κ1) is 21.5. The first-order valence-corrected chi connectivity index (χ1v) is 13.4. The Morgan fingerprint density at radius 1 is 0.500 bits per heavy atom. The molecule has 0 radical (unpaired) electrons. The van der Waals surface area contributed by atoms with Crippen LogP contribution in [0.15, 0.2) is 130 Å². The lowest BCUT2D eigenvalue weighted by Gasteiger charge is -2.14. The molecule has 3 aromatic heterocycles. The van der Waals surface area contributed by atoms with Gasteiger partial charge >= 0.3 is 0 Å². The van der Waals surface area contributed by atoms with Gasteiger partial charge in [0.2, 0.25) is 0 Å². The third-order valence-electron chi connectivity index (χ3n) is 8.16. The fraction of sp³-hybridized carbons (Fsp3) is 0. The maximum Gasteiger partial charge on any atom is 0.158 e. The number of benzene rings is 6. The molecule has 0 spiro atoms. The highest BCUT2D eigenvalue weighted by molar-refractivity contribution is 6.24. The quantitative estimate of drug-likeness (QED) is 0.234. The van der Waals surface area contributed by atoms with Crippen LogP contribution in [-0.4, -0.2) is 4.57 Å². The van der Waals surface area contributed by atoms with E-state index in [-0.39, 0.29) is 0 Å². The number of fused-ring (bicyclic) bond motifs is 10. The van der Waals surface area contributed by atoms with Crippen molar-refractivity contribution in [3.8, 4) is 16.8 Å². The molecule has 3 heterocycles. The van der Waals surface area contributed by atoms with Crippen LogP contribution in [-0.2, 0) is 0 Å². The molecule has 0 amide bonds. The average Bonchev–Trinajstić information content (AvgIpc) is 3.67. The van der Waals surface area contributed by atoms with E-state index in [0.29, 0.717) is 5.69 Å². The number of para-hydroxylation sites is 4. The molecular formula is C36H22N2O2. The van der Waals surface area contributed by atoms with E-state index >= 15 is 0 Å². The Bertz CT molecular complexity index is 2460. The SMILES string of the molecule is Nc1cccc2c1oc1c2ccc2c1c1ccccc1n2-c1ccccc1-c1ccc2oc3ccccc3c2c1. The molecule has 0 atom stereocenters. The van der Waals surface area contributed by atoms with Crippen molar-refractivity contribution < 1.29 is 8.83 Å². The van der Waals surface area contributed by atoms with Crippen molar-refractivity contribution in [2.75, 3.05) is 5.73 Å². The molecular weight excluding hydrogens is 492 g/mol. The van der Waals surface area contributed by atoms with Crippen LogP contribution in [0.3, 0.4) is 0 Å². The lowest BCUT2D eigenvalue weighted by atomic mass is 10.0. The first-order chi connectivity index (χ1) is 19.8. The number of hydrogen-bond acceptors (Lipinski definition) is 3. The number of nitrogens with two attached hydrogens (primary N) is 1. The van der Waals surface area contributed by atoms with Gasteiger partial charge in [-0.2, -0.15) is 0 Å². The third kappa shape index (κ3) is 2.79. The monoisotopic (exact) mass is 514 g/mol. The molecule has 9 aromatic rings. The van der Waals surface area contributed by atoms with Crippen LogP contribution in [0.25, 0.3) is 82.5 Å². The Balaban J connectivity index is 1.37. The highest BCUT2D eigenvalue weighted by Gasteiger charge is 2.21. The van der Waals surface area contributed by atoms with Crippen molar-refractivity contribution in [1.82, 2.24) is 4.57 Å². The number of nitrogens with zero attached hydrogens (tertiary/aromatic N) is 1. The van der Waals surface area contributed by atoms with Crippen molar-refractivity contribution in [1.29, 1.82) is 0 Å². The van der Waals surface area contributed by atoms with Gasteiger partial charge in [-0.15, -0.1) is 0 Å². The van der Waals surface area contributed by atoms with Crippen LogP contribution in [0.5, 0.6) is 0 Å². The summed E-state index contributed by atoms with van der Waals surface area (Å²) in [7, 11) is 0. The van der Waals surface area contributed by atoms with Crippen LogP contribution in [0.4, 0.5) is 5.69 Å². The number of furan rings is 2. The zero-order valence-electron chi connectivity index (χ0n) is 21.4. The molecule has 0 fully saturated rings. The maximum atomic E-state index is 6.50. The second-order valence-corrected chi connectivity index (χ2v) is 10.3. The Morgan fingerprint density at radius 2 is 1.25 bits per heavy atom. The van der Waals surface area contributed by atoms with Gasteiger partial charge in [-0.1, -0.05) is 72.8 Å². The third-order valence-corrected chi connectivity index (χ3v) is 8.16. The molecule has 0 aliphatic carbocycles. The minimum atomic E-state index is 0.651. The second-order valence-electron chi connectivity index (χ2n) is 10.3. The van der Waals surface area contributed by atoms with Gasteiger partial charge in [0.15, 0.2) is 5.58 Å². The van der Waals surface area contributed by atoms with Gasteiger partial charge in [0.1, 0.15) is 16.7 Å². The zero-order valence-corrected chi connectivity index (χ0v) is 21.4. The van der Waals surface area contributed by atoms with Gasteiger partial charge in [-0.25, -0.2) is 0 Å². The first-order valence-electron chi connectivity index (χ1n) is 13.4. The van der Waals surface area contributed by atoms with E-state index in [1.165, 1.54) is 0 Å². The van der Waals surface area contributed by atoms with Gasteiger partial charge in [0, 0.05) is 32.5 Å². The highest BCUT2D eigenvalue weighted by Crippen LogP contribution is 2.43. The Labute approximate surface area is 228 Å². The molecule has 0 saturated carbocycles. The number of rotatable bonds is 2. The minimum absolute atomic E-state index is 0.651. The van der Waals surface area contributed by atoms with Gasteiger partial charge in [-0.05, 0) is 54.1 Å². The Kier molecular flexibility index (Phi) is 4.17. The molecule has 40 heavy (non-hydrogen) atoms. The van der Waals surface area contributed by atoms with Crippen molar-refractivity contribution in [2.24, 2.45) is 0 Å².